The number of aryl methyl sites for hydroxylation is 1. The fourth-order valence-corrected chi connectivity index (χ4v) is 2.81. The summed E-state index contributed by atoms with van der Waals surface area (Å²) in [7, 11) is 0. The first-order valence-electron chi connectivity index (χ1n) is 6.14. The maximum Gasteiger partial charge on any atom is 0.228 e. The Hall–Kier alpha value is -1.39. The van der Waals surface area contributed by atoms with Crippen LogP contribution in [0.3, 0.4) is 0 Å². The van der Waals surface area contributed by atoms with Crippen molar-refractivity contribution in [1.29, 1.82) is 0 Å². The van der Waals surface area contributed by atoms with Crippen molar-refractivity contribution in [2.75, 3.05) is 5.32 Å². The van der Waals surface area contributed by atoms with Crippen LogP contribution in [0.2, 0.25) is 10.6 Å². The second-order valence-corrected chi connectivity index (χ2v) is 5.16. The van der Waals surface area contributed by atoms with Crippen LogP contribution >= 0.6 is 23.2 Å². The summed E-state index contributed by atoms with van der Waals surface area (Å²) >= 11 is 11.6. The van der Waals surface area contributed by atoms with E-state index in [4.69, 9.17) is 23.2 Å². The lowest BCUT2D eigenvalue weighted by molar-refractivity contribution is 0.596. The fraction of sp³-hybridized carbons (Fsp3) is 0.308. The molecule has 0 bridgehead atoms. The van der Waals surface area contributed by atoms with Crippen molar-refractivity contribution in [2.45, 2.75) is 25.3 Å². The third-order valence-electron chi connectivity index (χ3n) is 3.25. The second kappa shape index (κ2) is 5.31. The van der Waals surface area contributed by atoms with Crippen molar-refractivity contribution in [3.63, 3.8) is 0 Å². The molecule has 0 aliphatic heterocycles. The topological polar surface area (TPSA) is 50.7 Å². The van der Waals surface area contributed by atoms with Gasteiger partial charge in [-0.2, -0.15) is 15.0 Å². The van der Waals surface area contributed by atoms with E-state index in [1.54, 1.807) is 0 Å². The van der Waals surface area contributed by atoms with Crippen LogP contribution in [0.15, 0.2) is 24.3 Å². The van der Waals surface area contributed by atoms with Crippen molar-refractivity contribution in [2.24, 2.45) is 0 Å². The molecular formula is C13H12Cl2N4. The quantitative estimate of drug-likeness (QED) is 0.918. The van der Waals surface area contributed by atoms with Gasteiger partial charge in [-0.1, -0.05) is 24.3 Å². The van der Waals surface area contributed by atoms with Crippen LogP contribution in [0.4, 0.5) is 5.95 Å². The van der Waals surface area contributed by atoms with E-state index in [0.717, 1.165) is 19.3 Å². The highest BCUT2D eigenvalue weighted by Gasteiger charge is 2.20. The van der Waals surface area contributed by atoms with E-state index >= 15 is 0 Å². The van der Waals surface area contributed by atoms with E-state index in [1.807, 2.05) is 6.07 Å². The zero-order valence-electron chi connectivity index (χ0n) is 10.1. The predicted molar refractivity (Wildman–Crippen MR) is 75.6 cm³/mol. The molecule has 1 unspecified atom stereocenters. The molecule has 19 heavy (non-hydrogen) atoms. The number of halogens is 2. The summed E-state index contributed by atoms with van der Waals surface area (Å²) in [6, 6.07) is 8.61. The Balaban J connectivity index is 1.88. The lowest BCUT2D eigenvalue weighted by atomic mass is 9.88. The zero-order chi connectivity index (χ0) is 13.2. The third-order valence-corrected chi connectivity index (χ3v) is 3.59. The van der Waals surface area contributed by atoms with Gasteiger partial charge in [0.25, 0.3) is 0 Å². The zero-order valence-corrected chi connectivity index (χ0v) is 11.6. The van der Waals surface area contributed by atoms with Crippen LogP contribution in [0.1, 0.15) is 30.0 Å². The normalized spacial score (nSPS) is 17.9. The Morgan fingerprint density at radius 2 is 1.79 bits per heavy atom. The summed E-state index contributed by atoms with van der Waals surface area (Å²) in [5, 5.41) is 3.49. The van der Waals surface area contributed by atoms with E-state index in [9.17, 15) is 0 Å². The highest BCUT2D eigenvalue weighted by atomic mass is 35.5. The molecule has 4 nitrogen and oxygen atoms in total. The minimum atomic E-state index is 0.103. The molecule has 0 saturated heterocycles. The molecule has 0 fully saturated rings. The predicted octanol–water partition coefficient (Wildman–Crippen LogP) is 3.67. The Morgan fingerprint density at radius 1 is 1.05 bits per heavy atom. The van der Waals surface area contributed by atoms with Crippen LogP contribution in [0, 0.1) is 0 Å². The molecule has 6 heteroatoms. The molecule has 0 amide bonds. The Kier molecular flexibility index (Phi) is 3.53. The molecule has 3 rings (SSSR count). The van der Waals surface area contributed by atoms with Crippen molar-refractivity contribution in [1.82, 2.24) is 15.0 Å². The molecular weight excluding hydrogens is 283 g/mol. The van der Waals surface area contributed by atoms with Crippen LogP contribution in [-0.4, -0.2) is 15.0 Å². The van der Waals surface area contributed by atoms with Crippen molar-refractivity contribution >= 4 is 29.2 Å². The first-order valence-corrected chi connectivity index (χ1v) is 6.89. The van der Waals surface area contributed by atoms with Gasteiger partial charge in [-0.05, 0) is 53.6 Å². The second-order valence-electron chi connectivity index (χ2n) is 4.49. The van der Waals surface area contributed by atoms with E-state index in [-0.39, 0.29) is 16.6 Å². The summed E-state index contributed by atoms with van der Waals surface area (Å²) in [6.07, 6.45) is 3.30. The molecule has 0 spiro atoms. The minimum Gasteiger partial charge on any atom is -0.347 e. The molecule has 1 heterocycles. The highest BCUT2D eigenvalue weighted by molar-refractivity contribution is 6.31. The number of hydrogen-bond acceptors (Lipinski definition) is 4. The lowest BCUT2D eigenvalue weighted by Crippen LogP contribution is -2.18. The van der Waals surface area contributed by atoms with Gasteiger partial charge >= 0.3 is 0 Å². The maximum absolute atomic E-state index is 5.78. The largest absolute Gasteiger partial charge is 0.347 e. The third kappa shape index (κ3) is 2.80. The standard InChI is InChI=1S/C13H12Cl2N4/c14-11-17-12(15)19-13(18-11)16-10-7-3-5-8-4-1-2-6-9(8)10/h1-2,4,6,10H,3,5,7H2,(H,16,17,18,19). The van der Waals surface area contributed by atoms with Gasteiger partial charge in [0.1, 0.15) is 0 Å². The smallest absolute Gasteiger partial charge is 0.228 e. The van der Waals surface area contributed by atoms with Gasteiger partial charge in [0.05, 0.1) is 6.04 Å². The highest BCUT2D eigenvalue weighted by Crippen LogP contribution is 2.31. The molecule has 0 saturated carbocycles. The van der Waals surface area contributed by atoms with Crippen LogP contribution in [0.25, 0.3) is 0 Å². The van der Waals surface area contributed by atoms with Crippen molar-refractivity contribution in [3.8, 4) is 0 Å². The molecule has 1 aromatic heterocycles. The van der Waals surface area contributed by atoms with Gasteiger partial charge in [0.15, 0.2) is 0 Å². The van der Waals surface area contributed by atoms with E-state index in [2.05, 4.69) is 38.5 Å². The van der Waals surface area contributed by atoms with Crippen LogP contribution < -0.4 is 5.32 Å². The molecule has 2 aromatic rings. The number of nitrogens with zero attached hydrogens (tertiary/aromatic N) is 3. The number of fused-ring (bicyclic) bond motifs is 1. The summed E-state index contributed by atoms with van der Waals surface area (Å²) in [6.45, 7) is 0. The number of rotatable bonds is 2. The lowest BCUT2D eigenvalue weighted by Gasteiger charge is -2.26. The molecule has 1 aliphatic rings. The SMILES string of the molecule is Clc1nc(Cl)nc(NC2CCCc3ccccc32)n1. The number of aromatic nitrogens is 3. The summed E-state index contributed by atoms with van der Waals surface area (Å²) in [5.41, 5.74) is 2.67. The molecule has 1 N–H and O–H groups in total. The van der Waals surface area contributed by atoms with Gasteiger partial charge in [-0.3, -0.25) is 0 Å². The molecule has 98 valence electrons. The maximum atomic E-state index is 5.78. The van der Waals surface area contributed by atoms with Gasteiger partial charge < -0.3 is 5.32 Å². The Bertz CT molecular complexity index is 583. The van der Waals surface area contributed by atoms with Crippen molar-refractivity contribution < 1.29 is 0 Å². The van der Waals surface area contributed by atoms with Gasteiger partial charge in [0.2, 0.25) is 16.5 Å². The van der Waals surface area contributed by atoms with Crippen LogP contribution in [0.5, 0.6) is 0 Å². The van der Waals surface area contributed by atoms with E-state index in [0.29, 0.717) is 5.95 Å². The van der Waals surface area contributed by atoms with E-state index in [1.165, 1.54) is 11.1 Å². The molecule has 1 aliphatic carbocycles. The fourth-order valence-electron chi connectivity index (χ4n) is 2.45. The monoisotopic (exact) mass is 294 g/mol. The first-order chi connectivity index (χ1) is 9.22. The number of benzene rings is 1. The Morgan fingerprint density at radius 3 is 2.58 bits per heavy atom. The van der Waals surface area contributed by atoms with Gasteiger partial charge in [-0.25, -0.2) is 0 Å². The summed E-state index contributed by atoms with van der Waals surface area (Å²) in [4.78, 5) is 11.8. The minimum absolute atomic E-state index is 0.103. The van der Waals surface area contributed by atoms with Crippen molar-refractivity contribution in [3.05, 3.63) is 46.0 Å². The van der Waals surface area contributed by atoms with Crippen LogP contribution in [-0.2, 0) is 6.42 Å². The molecule has 0 radical (unpaired) electrons. The molecule has 1 aromatic carbocycles. The van der Waals surface area contributed by atoms with Gasteiger partial charge in [-0.15, -0.1) is 0 Å². The summed E-state index contributed by atoms with van der Waals surface area (Å²) in [5.74, 6) is 0.423. The molecule has 1 atom stereocenters. The number of anilines is 1. The van der Waals surface area contributed by atoms with E-state index < -0.39 is 0 Å². The Labute approximate surface area is 121 Å². The average Bonchev–Trinajstić information content (AvgIpc) is 2.38. The average molecular weight is 295 g/mol. The summed E-state index contributed by atoms with van der Waals surface area (Å²) < 4.78 is 0. The van der Waals surface area contributed by atoms with Gasteiger partial charge in [0, 0.05) is 0 Å². The number of hydrogen-bond donors (Lipinski definition) is 1. The first kappa shape index (κ1) is 12.6. The number of nitrogens with one attached hydrogen (secondary N) is 1.